The lowest BCUT2D eigenvalue weighted by atomic mass is 9.97. The van der Waals surface area contributed by atoms with Crippen LogP contribution in [0.4, 0.5) is 0 Å². The summed E-state index contributed by atoms with van der Waals surface area (Å²) in [6, 6.07) is -0.178. The molecule has 1 N–H and O–H groups in total. The van der Waals surface area contributed by atoms with Gasteiger partial charge in [0.2, 0.25) is 5.91 Å². The lowest BCUT2D eigenvalue weighted by Gasteiger charge is -2.36. The molecular weight excluding hydrogens is 240 g/mol. The Kier molecular flexibility index (Phi) is 3.73. The molecule has 1 amide bonds. The van der Waals surface area contributed by atoms with Crippen LogP contribution in [0, 0.1) is 5.92 Å². The minimum absolute atomic E-state index is 0.0343. The van der Waals surface area contributed by atoms with Gasteiger partial charge < -0.3 is 10.2 Å². The van der Waals surface area contributed by atoms with Gasteiger partial charge >= 0.3 is 0 Å². The highest BCUT2D eigenvalue weighted by Crippen LogP contribution is 2.18. The zero-order chi connectivity index (χ0) is 12.5. The van der Waals surface area contributed by atoms with Gasteiger partial charge in [-0.3, -0.25) is 4.79 Å². The summed E-state index contributed by atoms with van der Waals surface area (Å²) in [4.78, 5) is 14.0. The Labute approximate surface area is 102 Å². The number of nitrogens with zero attached hydrogens (tertiary/aromatic N) is 1. The molecule has 2 rings (SSSR count). The molecule has 2 heterocycles. The van der Waals surface area contributed by atoms with Gasteiger partial charge in [-0.2, -0.15) is 0 Å². The van der Waals surface area contributed by atoms with Gasteiger partial charge in [0.1, 0.15) is 0 Å². The Morgan fingerprint density at radius 3 is 2.76 bits per heavy atom. The molecule has 2 saturated heterocycles. The van der Waals surface area contributed by atoms with E-state index in [2.05, 4.69) is 5.32 Å². The first kappa shape index (κ1) is 12.8. The third-order valence-corrected chi connectivity index (χ3v) is 5.39. The van der Waals surface area contributed by atoms with Crippen LogP contribution in [-0.4, -0.2) is 56.4 Å². The monoisotopic (exact) mass is 260 g/mol. The van der Waals surface area contributed by atoms with Crippen LogP contribution in [0.25, 0.3) is 0 Å². The van der Waals surface area contributed by atoms with Gasteiger partial charge in [0.05, 0.1) is 17.4 Å². The first-order chi connectivity index (χ1) is 7.99. The molecular formula is C11H20N2O3S. The zero-order valence-electron chi connectivity index (χ0n) is 10.2. The highest BCUT2D eigenvalue weighted by molar-refractivity contribution is 7.91. The third-order valence-electron chi connectivity index (χ3n) is 3.60. The second-order valence-electron chi connectivity index (χ2n) is 5.04. The highest BCUT2D eigenvalue weighted by Gasteiger charge is 2.34. The lowest BCUT2D eigenvalue weighted by molar-refractivity contribution is -0.137. The number of rotatable bonds is 1. The number of carbonyl (C=O) groups excluding carboxylic acids is 1. The van der Waals surface area contributed by atoms with Crippen molar-refractivity contribution < 1.29 is 13.2 Å². The molecule has 6 heteroatoms. The van der Waals surface area contributed by atoms with E-state index in [1.54, 1.807) is 4.90 Å². The van der Waals surface area contributed by atoms with Crippen LogP contribution in [0.3, 0.4) is 0 Å². The third kappa shape index (κ3) is 2.98. The molecule has 0 spiro atoms. The summed E-state index contributed by atoms with van der Waals surface area (Å²) in [7, 11) is -2.94. The number of piperidine rings is 1. The van der Waals surface area contributed by atoms with Crippen molar-refractivity contribution in [2.45, 2.75) is 25.8 Å². The van der Waals surface area contributed by atoms with Crippen molar-refractivity contribution in [1.82, 2.24) is 10.2 Å². The smallest absolute Gasteiger partial charge is 0.227 e. The second kappa shape index (κ2) is 4.94. The molecule has 2 unspecified atom stereocenters. The number of amides is 1. The fourth-order valence-electron chi connectivity index (χ4n) is 2.62. The minimum atomic E-state index is -2.94. The maximum atomic E-state index is 12.3. The summed E-state index contributed by atoms with van der Waals surface area (Å²) in [6.45, 7) is 3.90. The predicted molar refractivity (Wildman–Crippen MR) is 65.4 cm³/mol. The van der Waals surface area contributed by atoms with Crippen LogP contribution < -0.4 is 5.32 Å². The molecule has 0 radical (unpaired) electrons. The van der Waals surface area contributed by atoms with Gasteiger partial charge in [-0.15, -0.1) is 0 Å². The van der Waals surface area contributed by atoms with Gasteiger partial charge in [0, 0.05) is 19.1 Å². The SMILES string of the molecule is CC1CS(=O)(=O)CCN1C(=O)C1CCCNC1. The quantitative estimate of drug-likeness (QED) is 0.698. The van der Waals surface area contributed by atoms with E-state index in [0.29, 0.717) is 6.54 Å². The number of carbonyl (C=O) groups is 1. The molecule has 0 aromatic heterocycles. The van der Waals surface area contributed by atoms with Crippen molar-refractivity contribution in [2.75, 3.05) is 31.1 Å². The molecule has 98 valence electrons. The standard InChI is InChI=1S/C11H20N2O3S/c1-9-8-17(15,16)6-5-13(9)11(14)10-3-2-4-12-7-10/h9-10,12H,2-8H2,1H3. The van der Waals surface area contributed by atoms with E-state index >= 15 is 0 Å². The van der Waals surface area contributed by atoms with Crippen molar-refractivity contribution in [3.63, 3.8) is 0 Å². The highest BCUT2D eigenvalue weighted by atomic mass is 32.2. The summed E-state index contributed by atoms with van der Waals surface area (Å²) < 4.78 is 22.9. The number of hydrogen-bond acceptors (Lipinski definition) is 4. The summed E-state index contributed by atoms with van der Waals surface area (Å²) >= 11 is 0. The van der Waals surface area contributed by atoms with Crippen LogP contribution in [0.2, 0.25) is 0 Å². The second-order valence-corrected chi connectivity index (χ2v) is 7.27. The zero-order valence-corrected chi connectivity index (χ0v) is 11.0. The normalized spacial score (nSPS) is 33.4. The fourth-order valence-corrected chi connectivity index (χ4v) is 4.18. The number of hydrogen-bond donors (Lipinski definition) is 1. The van der Waals surface area contributed by atoms with Crippen LogP contribution in [0.15, 0.2) is 0 Å². The van der Waals surface area contributed by atoms with Gasteiger partial charge in [-0.25, -0.2) is 8.42 Å². The summed E-state index contributed by atoms with van der Waals surface area (Å²) in [5.74, 6) is 0.383. The largest absolute Gasteiger partial charge is 0.338 e. The summed E-state index contributed by atoms with van der Waals surface area (Å²) in [6.07, 6.45) is 1.94. The molecule has 0 aliphatic carbocycles. The predicted octanol–water partition coefficient (Wildman–Crippen LogP) is -0.368. The minimum Gasteiger partial charge on any atom is -0.338 e. The van der Waals surface area contributed by atoms with Gasteiger partial charge in [-0.05, 0) is 26.3 Å². The van der Waals surface area contributed by atoms with E-state index < -0.39 is 9.84 Å². The van der Waals surface area contributed by atoms with Crippen LogP contribution in [0.1, 0.15) is 19.8 Å². The van der Waals surface area contributed by atoms with Crippen molar-refractivity contribution in [3.8, 4) is 0 Å². The maximum Gasteiger partial charge on any atom is 0.227 e. The number of nitrogens with one attached hydrogen (secondary N) is 1. The molecule has 0 aromatic rings. The average molecular weight is 260 g/mol. The van der Waals surface area contributed by atoms with Gasteiger partial charge in [-0.1, -0.05) is 0 Å². The average Bonchev–Trinajstić information content (AvgIpc) is 2.28. The maximum absolute atomic E-state index is 12.3. The van der Waals surface area contributed by atoms with Crippen LogP contribution >= 0.6 is 0 Å². The van der Waals surface area contributed by atoms with Crippen LogP contribution in [0.5, 0.6) is 0 Å². The van der Waals surface area contributed by atoms with E-state index in [4.69, 9.17) is 0 Å². The molecule has 5 nitrogen and oxygen atoms in total. The van der Waals surface area contributed by atoms with Crippen LogP contribution in [-0.2, 0) is 14.6 Å². The molecule has 0 saturated carbocycles. The Bertz CT molecular complexity index is 388. The van der Waals surface area contributed by atoms with Crippen molar-refractivity contribution >= 4 is 15.7 Å². The van der Waals surface area contributed by atoms with Crippen molar-refractivity contribution in [1.29, 1.82) is 0 Å². The first-order valence-electron chi connectivity index (χ1n) is 6.21. The molecule has 2 aliphatic rings. The van der Waals surface area contributed by atoms with Gasteiger partial charge in [0.25, 0.3) is 0 Å². The molecule has 2 fully saturated rings. The number of sulfone groups is 1. The van der Waals surface area contributed by atoms with E-state index in [1.807, 2.05) is 6.92 Å². The Balaban J connectivity index is 2.00. The van der Waals surface area contributed by atoms with E-state index in [9.17, 15) is 13.2 Å². The molecule has 0 aromatic carbocycles. The van der Waals surface area contributed by atoms with Crippen molar-refractivity contribution in [3.05, 3.63) is 0 Å². The van der Waals surface area contributed by atoms with E-state index in [1.165, 1.54) is 0 Å². The lowest BCUT2D eigenvalue weighted by Crippen LogP contribution is -2.53. The topological polar surface area (TPSA) is 66.5 Å². The fraction of sp³-hybridized carbons (Fsp3) is 0.909. The molecule has 0 bridgehead atoms. The Hall–Kier alpha value is -0.620. The molecule has 2 aliphatic heterocycles. The Morgan fingerprint density at radius 2 is 2.18 bits per heavy atom. The van der Waals surface area contributed by atoms with E-state index in [0.717, 1.165) is 25.9 Å². The van der Waals surface area contributed by atoms with Gasteiger partial charge in [0.15, 0.2) is 9.84 Å². The molecule has 2 atom stereocenters. The van der Waals surface area contributed by atoms with E-state index in [-0.39, 0.29) is 29.4 Å². The summed E-state index contributed by atoms with van der Waals surface area (Å²) in [5.41, 5.74) is 0. The first-order valence-corrected chi connectivity index (χ1v) is 8.03. The molecule has 17 heavy (non-hydrogen) atoms. The Morgan fingerprint density at radius 1 is 1.41 bits per heavy atom. The summed E-state index contributed by atoms with van der Waals surface area (Å²) in [5, 5.41) is 3.22. The van der Waals surface area contributed by atoms with Crippen molar-refractivity contribution in [2.24, 2.45) is 5.92 Å².